The minimum Gasteiger partial charge on any atom is -0.330 e. The lowest BCUT2D eigenvalue weighted by molar-refractivity contribution is -0.150. The van der Waals surface area contributed by atoms with Crippen LogP contribution >= 0.6 is 0 Å². The molecule has 2 fully saturated rings. The van der Waals surface area contributed by atoms with Gasteiger partial charge in [0, 0.05) is 13.1 Å². The van der Waals surface area contributed by atoms with E-state index in [0.29, 0.717) is 6.42 Å². The molecule has 2 rings (SSSR count). The number of hydrogen-bond acceptors (Lipinski definition) is 4. The van der Waals surface area contributed by atoms with Crippen molar-refractivity contribution >= 4 is 17.8 Å². The molecule has 2 aliphatic rings. The monoisotopic (exact) mass is 253 g/mol. The first-order valence-corrected chi connectivity index (χ1v) is 6.42. The Morgan fingerprint density at radius 2 is 1.78 bits per heavy atom. The summed E-state index contributed by atoms with van der Waals surface area (Å²) in [6.07, 6.45) is 4.05. The van der Waals surface area contributed by atoms with Crippen molar-refractivity contribution in [3.8, 4) is 0 Å². The van der Waals surface area contributed by atoms with Crippen LogP contribution in [-0.2, 0) is 9.59 Å². The van der Waals surface area contributed by atoms with Gasteiger partial charge in [-0.15, -0.1) is 0 Å². The Hall–Kier alpha value is -1.43. The molecule has 1 saturated carbocycles. The van der Waals surface area contributed by atoms with Gasteiger partial charge in [-0.25, -0.2) is 4.79 Å². The Morgan fingerprint density at radius 3 is 2.33 bits per heavy atom. The first-order chi connectivity index (χ1) is 8.57. The van der Waals surface area contributed by atoms with Gasteiger partial charge < -0.3 is 5.73 Å². The van der Waals surface area contributed by atoms with E-state index < -0.39 is 17.9 Å². The van der Waals surface area contributed by atoms with Gasteiger partial charge in [-0.1, -0.05) is 12.8 Å². The Labute approximate surface area is 106 Å². The molecule has 1 aliphatic heterocycles. The maximum atomic E-state index is 12.3. The number of nitrogens with zero attached hydrogens (tertiary/aromatic N) is 2. The van der Waals surface area contributed by atoms with Crippen molar-refractivity contribution in [1.82, 2.24) is 9.80 Å². The van der Waals surface area contributed by atoms with Crippen LogP contribution in [0.5, 0.6) is 0 Å². The van der Waals surface area contributed by atoms with Crippen molar-refractivity contribution in [3.05, 3.63) is 0 Å². The molecular formula is C12H19N3O3. The molecule has 1 saturated heterocycles. The second-order valence-corrected chi connectivity index (χ2v) is 4.96. The highest BCUT2D eigenvalue weighted by molar-refractivity contribution is 6.16. The molecule has 18 heavy (non-hydrogen) atoms. The van der Waals surface area contributed by atoms with E-state index in [2.05, 4.69) is 0 Å². The molecule has 1 atom stereocenters. The molecule has 0 bridgehead atoms. The summed E-state index contributed by atoms with van der Waals surface area (Å²) in [5, 5.41) is 0. The molecule has 2 N–H and O–H groups in total. The predicted octanol–water partition coefficient (Wildman–Crippen LogP) is 0.315. The fourth-order valence-electron chi connectivity index (χ4n) is 2.77. The van der Waals surface area contributed by atoms with Gasteiger partial charge in [0.15, 0.2) is 0 Å². The summed E-state index contributed by atoms with van der Waals surface area (Å²) in [5.41, 5.74) is 5.44. The van der Waals surface area contributed by atoms with Gasteiger partial charge in [-0.3, -0.25) is 19.4 Å². The van der Waals surface area contributed by atoms with E-state index in [1.54, 1.807) is 0 Å². The van der Waals surface area contributed by atoms with Crippen molar-refractivity contribution in [2.75, 3.05) is 13.6 Å². The molecular weight excluding hydrogens is 234 g/mol. The maximum Gasteiger partial charge on any atom is 0.333 e. The predicted molar refractivity (Wildman–Crippen MR) is 64.4 cm³/mol. The molecule has 4 amide bonds. The highest BCUT2D eigenvalue weighted by atomic mass is 16.2. The fraction of sp³-hybridized carbons (Fsp3) is 0.750. The van der Waals surface area contributed by atoms with Gasteiger partial charge in [-0.05, 0) is 25.8 Å². The maximum absolute atomic E-state index is 12.3. The number of barbiturate groups is 1. The fourth-order valence-corrected chi connectivity index (χ4v) is 2.77. The topological polar surface area (TPSA) is 83.7 Å². The van der Waals surface area contributed by atoms with E-state index >= 15 is 0 Å². The molecule has 0 aromatic rings. The number of rotatable bonds is 3. The molecule has 0 aromatic heterocycles. The highest BCUT2D eigenvalue weighted by Crippen LogP contribution is 2.29. The number of nitrogens with two attached hydrogens (primary N) is 1. The Kier molecular flexibility index (Phi) is 3.65. The summed E-state index contributed by atoms with van der Waals surface area (Å²) in [6.45, 7) is 0.267. The number of imide groups is 2. The van der Waals surface area contributed by atoms with Gasteiger partial charge in [0.2, 0.25) is 11.8 Å². The lowest BCUT2D eigenvalue weighted by atomic mass is 9.98. The minimum absolute atomic E-state index is 0.0409. The molecule has 0 aromatic carbocycles. The highest BCUT2D eigenvalue weighted by Gasteiger charge is 2.46. The van der Waals surface area contributed by atoms with Crippen LogP contribution < -0.4 is 5.73 Å². The van der Waals surface area contributed by atoms with Crippen molar-refractivity contribution < 1.29 is 14.4 Å². The Bertz CT molecular complexity index is 377. The molecule has 0 radical (unpaired) electrons. The third-order valence-electron chi connectivity index (χ3n) is 3.80. The summed E-state index contributed by atoms with van der Waals surface area (Å²) < 4.78 is 0. The molecule has 1 unspecified atom stereocenters. The number of carbonyl (C=O) groups is 3. The van der Waals surface area contributed by atoms with E-state index in [1.807, 2.05) is 0 Å². The molecule has 6 heteroatoms. The van der Waals surface area contributed by atoms with Gasteiger partial charge in [0.25, 0.3) is 0 Å². The van der Waals surface area contributed by atoms with Crippen LogP contribution in [0.15, 0.2) is 0 Å². The van der Waals surface area contributed by atoms with Crippen LogP contribution in [0.1, 0.15) is 32.1 Å². The average molecular weight is 253 g/mol. The number of amides is 4. The van der Waals surface area contributed by atoms with E-state index in [1.165, 1.54) is 11.9 Å². The van der Waals surface area contributed by atoms with Crippen molar-refractivity contribution in [2.45, 2.75) is 38.1 Å². The Balaban J connectivity index is 2.24. The first-order valence-electron chi connectivity index (χ1n) is 6.42. The second kappa shape index (κ2) is 5.06. The average Bonchev–Trinajstić information content (AvgIpc) is 2.86. The number of carbonyl (C=O) groups excluding carboxylic acids is 3. The van der Waals surface area contributed by atoms with Crippen LogP contribution in [0.2, 0.25) is 0 Å². The van der Waals surface area contributed by atoms with E-state index in [4.69, 9.17) is 5.73 Å². The molecule has 6 nitrogen and oxygen atoms in total. The smallest absolute Gasteiger partial charge is 0.330 e. The Morgan fingerprint density at radius 1 is 1.17 bits per heavy atom. The van der Waals surface area contributed by atoms with Crippen molar-refractivity contribution in [3.63, 3.8) is 0 Å². The normalized spacial score (nSPS) is 26.3. The molecule has 1 heterocycles. The summed E-state index contributed by atoms with van der Waals surface area (Å²) in [6, 6.07) is -0.522. The van der Waals surface area contributed by atoms with Crippen LogP contribution in [0, 0.1) is 5.92 Å². The summed E-state index contributed by atoms with van der Waals surface area (Å²) >= 11 is 0. The quantitative estimate of drug-likeness (QED) is 0.734. The molecule has 100 valence electrons. The summed E-state index contributed by atoms with van der Waals surface area (Å²) in [4.78, 5) is 38.6. The number of hydrogen-bond donors (Lipinski definition) is 1. The van der Waals surface area contributed by atoms with E-state index in [9.17, 15) is 14.4 Å². The molecule has 0 spiro atoms. The van der Waals surface area contributed by atoms with Crippen LogP contribution in [0.3, 0.4) is 0 Å². The van der Waals surface area contributed by atoms with Gasteiger partial charge >= 0.3 is 6.03 Å². The lowest BCUT2D eigenvalue weighted by Gasteiger charge is -2.38. The van der Waals surface area contributed by atoms with Crippen LogP contribution in [0.4, 0.5) is 4.79 Å². The van der Waals surface area contributed by atoms with Crippen molar-refractivity contribution in [2.24, 2.45) is 11.7 Å². The third kappa shape index (κ3) is 2.01. The first kappa shape index (κ1) is 13.0. The van der Waals surface area contributed by atoms with E-state index in [0.717, 1.165) is 30.6 Å². The zero-order valence-electron chi connectivity index (χ0n) is 10.6. The summed E-state index contributed by atoms with van der Waals surface area (Å²) in [5.74, 6) is -1.57. The van der Waals surface area contributed by atoms with Crippen LogP contribution in [0.25, 0.3) is 0 Å². The minimum atomic E-state index is -0.779. The summed E-state index contributed by atoms with van der Waals surface area (Å²) in [7, 11) is 1.43. The standard InChI is InChI=1S/C12H19N3O3/c1-14-10(16)9(6-7-13)11(17)15(12(14)18)8-4-2-3-5-8/h8-9H,2-7,13H2,1H3. The third-order valence-corrected chi connectivity index (χ3v) is 3.80. The van der Waals surface area contributed by atoms with E-state index in [-0.39, 0.29) is 18.5 Å². The SMILES string of the molecule is CN1C(=O)C(CCN)C(=O)N(C2CCCC2)C1=O. The van der Waals surface area contributed by atoms with Gasteiger partial charge in [0.1, 0.15) is 5.92 Å². The zero-order valence-corrected chi connectivity index (χ0v) is 10.6. The van der Waals surface area contributed by atoms with Crippen molar-refractivity contribution in [1.29, 1.82) is 0 Å². The largest absolute Gasteiger partial charge is 0.333 e. The molecule has 1 aliphatic carbocycles. The van der Waals surface area contributed by atoms with Gasteiger partial charge in [-0.2, -0.15) is 0 Å². The van der Waals surface area contributed by atoms with Crippen LogP contribution in [-0.4, -0.2) is 47.3 Å². The second-order valence-electron chi connectivity index (χ2n) is 4.96. The lowest BCUT2D eigenvalue weighted by Crippen LogP contribution is -2.61. The van der Waals surface area contributed by atoms with Gasteiger partial charge in [0.05, 0.1) is 0 Å². The number of urea groups is 1. The zero-order chi connectivity index (χ0) is 13.3.